The fourth-order valence-electron chi connectivity index (χ4n) is 12.9. The van der Waals surface area contributed by atoms with Gasteiger partial charge in [0.1, 0.15) is 23.1 Å². The monoisotopic (exact) mass is 1000 g/mol. The van der Waals surface area contributed by atoms with Gasteiger partial charge in [0.2, 0.25) is 5.88 Å². The van der Waals surface area contributed by atoms with Crippen molar-refractivity contribution in [3.8, 4) is 5.88 Å². The zero-order valence-corrected chi connectivity index (χ0v) is 42.7. The molecule has 17 heteroatoms. The standard InChI is InChI=1S/C55H68N8O8S/c1-35(2)41-8-5-6-9-42(41)45-10-7-24-61(45)39-31-55(32-39)21-25-60(26-22-55)38-11-13-43(47(29-38)62-46-18-27-70-34-50(46)71-53-49(62)28-37-17-23-56-51(37)58-53)52(64)59-72(67,68)40-12-14-44(48(30-40)63(65)66)57-33-36-15-19-54(3,69-4)20-16-36/h5-6,8-9,11-14,17,23,28-30,35-36,39,45-46,50,57H,7,10,15-16,18-22,24-27,31-34H2,1-4H3,(H,56,58)(H,59,64)/t36?,45-,46+,50+,54?/m0/s1. The van der Waals surface area contributed by atoms with Gasteiger partial charge in [0.25, 0.3) is 21.6 Å². The van der Waals surface area contributed by atoms with Gasteiger partial charge in [-0.1, -0.05) is 38.1 Å². The van der Waals surface area contributed by atoms with Gasteiger partial charge in [-0.25, -0.2) is 13.1 Å². The Morgan fingerprint density at radius 1 is 0.972 bits per heavy atom. The third-order valence-electron chi connectivity index (χ3n) is 17.3. The van der Waals surface area contributed by atoms with Crippen molar-refractivity contribution < 1.29 is 32.3 Å². The number of H-pyrrole nitrogens is 1. The molecule has 0 radical (unpaired) electrons. The molecule has 0 bridgehead atoms. The Balaban J connectivity index is 0.858. The number of carbonyl (C=O) groups excluding carboxylic acids is 1. The number of hydrogen-bond acceptors (Lipinski definition) is 13. The van der Waals surface area contributed by atoms with Crippen LogP contribution in [0.15, 0.2) is 83.9 Å². The Labute approximate surface area is 422 Å². The van der Waals surface area contributed by atoms with Crippen LogP contribution >= 0.6 is 0 Å². The normalized spacial score (nSPS) is 25.5. The van der Waals surface area contributed by atoms with E-state index in [-0.39, 0.29) is 39.4 Å². The first-order valence-electron chi connectivity index (χ1n) is 26.1. The number of anilines is 4. The average molecular weight is 1000 g/mol. The molecule has 3 atom stereocenters. The predicted molar refractivity (Wildman–Crippen MR) is 278 cm³/mol. The summed E-state index contributed by atoms with van der Waals surface area (Å²) in [5.74, 6) is 0.295. The van der Waals surface area contributed by atoms with Crippen LogP contribution in [0.2, 0.25) is 0 Å². The lowest BCUT2D eigenvalue weighted by atomic mass is 9.59. The minimum atomic E-state index is -4.60. The van der Waals surface area contributed by atoms with Gasteiger partial charge in [-0.05, 0) is 155 Å². The number of likely N-dealkylation sites (tertiary alicyclic amines) is 1. The van der Waals surface area contributed by atoms with Crippen LogP contribution < -0.4 is 24.6 Å². The molecule has 2 aliphatic carbocycles. The number of nitrogens with zero attached hydrogens (tertiary/aromatic N) is 5. The molecule has 1 spiro atoms. The highest BCUT2D eigenvalue weighted by Gasteiger charge is 2.50. The number of piperidine rings is 1. The first kappa shape index (κ1) is 48.5. The molecule has 1 amide bonds. The van der Waals surface area contributed by atoms with Gasteiger partial charge in [0.05, 0.1) is 39.3 Å². The summed E-state index contributed by atoms with van der Waals surface area (Å²) < 4.78 is 48.9. The number of ether oxygens (including phenoxy) is 3. The number of nitro groups is 1. The number of carbonyl (C=O) groups is 1. The van der Waals surface area contributed by atoms with Gasteiger partial charge < -0.3 is 34.3 Å². The zero-order valence-electron chi connectivity index (χ0n) is 41.9. The third kappa shape index (κ3) is 9.19. The number of pyridine rings is 1. The topological polar surface area (TPSA) is 184 Å². The van der Waals surface area contributed by atoms with Gasteiger partial charge >= 0.3 is 0 Å². The van der Waals surface area contributed by atoms with Crippen LogP contribution in [0.1, 0.15) is 125 Å². The number of hydrogen-bond donors (Lipinski definition) is 3. The molecule has 11 rings (SSSR count). The summed E-state index contributed by atoms with van der Waals surface area (Å²) >= 11 is 0. The van der Waals surface area contributed by atoms with E-state index in [1.54, 1.807) is 13.2 Å². The maximum Gasteiger partial charge on any atom is 0.293 e. The molecule has 0 unspecified atom stereocenters. The molecule has 2 aromatic heterocycles. The summed E-state index contributed by atoms with van der Waals surface area (Å²) in [7, 11) is -2.88. The largest absolute Gasteiger partial charge is 0.468 e. The van der Waals surface area contributed by atoms with E-state index in [2.05, 4.69) is 74.8 Å². The Kier molecular flexibility index (Phi) is 13.0. The van der Waals surface area contributed by atoms with Crippen molar-refractivity contribution in [3.63, 3.8) is 0 Å². The highest BCUT2D eigenvalue weighted by molar-refractivity contribution is 7.90. The van der Waals surface area contributed by atoms with E-state index >= 15 is 0 Å². The van der Waals surface area contributed by atoms with E-state index in [1.807, 2.05) is 30.5 Å². The lowest BCUT2D eigenvalue weighted by Crippen LogP contribution is -2.55. The molecule has 4 aliphatic heterocycles. The van der Waals surface area contributed by atoms with Crippen molar-refractivity contribution >= 4 is 55.4 Å². The number of benzene rings is 3. The number of fused-ring (bicyclic) bond motifs is 3. The molecule has 72 heavy (non-hydrogen) atoms. The van der Waals surface area contributed by atoms with Gasteiger partial charge in [0, 0.05) is 68.8 Å². The van der Waals surface area contributed by atoms with E-state index in [0.29, 0.717) is 72.5 Å². The smallest absolute Gasteiger partial charge is 0.293 e. The lowest BCUT2D eigenvalue weighted by molar-refractivity contribution is -0.384. The average Bonchev–Trinajstić information content (AvgIpc) is 4.06. The fourth-order valence-corrected chi connectivity index (χ4v) is 13.9. The van der Waals surface area contributed by atoms with Crippen LogP contribution in [0.4, 0.5) is 28.4 Å². The Morgan fingerprint density at radius 3 is 2.53 bits per heavy atom. The quantitative estimate of drug-likeness (QED) is 0.0749. The second-order valence-corrected chi connectivity index (χ2v) is 23.6. The second-order valence-electron chi connectivity index (χ2n) is 22.0. The van der Waals surface area contributed by atoms with Crippen molar-refractivity contribution in [1.29, 1.82) is 0 Å². The zero-order chi connectivity index (χ0) is 49.9. The van der Waals surface area contributed by atoms with E-state index in [9.17, 15) is 23.3 Å². The van der Waals surface area contributed by atoms with Gasteiger partial charge in [-0.15, -0.1) is 0 Å². The highest BCUT2D eigenvalue weighted by Crippen LogP contribution is 2.55. The molecule has 5 aromatic rings. The molecule has 3 saturated heterocycles. The molecule has 3 N–H and O–H groups in total. The Morgan fingerprint density at radius 2 is 1.76 bits per heavy atom. The summed E-state index contributed by atoms with van der Waals surface area (Å²) in [4.78, 5) is 41.5. The summed E-state index contributed by atoms with van der Waals surface area (Å²) in [5.41, 5.74) is 5.82. The number of sulfonamides is 1. The van der Waals surface area contributed by atoms with Crippen molar-refractivity contribution in [2.24, 2.45) is 11.3 Å². The van der Waals surface area contributed by atoms with Crippen LogP contribution in [0.25, 0.3) is 11.0 Å². The minimum absolute atomic E-state index is 0.133. The SMILES string of the molecule is COC1(C)CCC(CNc2ccc(S(=O)(=O)NC(=O)c3ccc(N4CCC5(CC4)CC(N4CCC[C@H]4c4ccccc4C(C)C)C5)cc3N3c4cc5cc[nH]c5nc4O[C@@H]4COCC[C@H]43)cc2[N+](=O)[O-])CC1. The summed E-state index contributed by atoms with van der Waals surface area (Å²) in [5, 5.41) is 16.5. The summed E-state index contributed by atoms with van der Waals surface area (Å²) in [6, 6.07) is 23.1. The van der Waals surface area contributed by atoms with Crippen LogP contribution in [-0.2, 0) is 19.5 Å². The van der Waals surface area contributed by atoms with Gasteiger partial charge in [-0.2, -0.15) is 4.98 Å². The van der Waals surface area contributed by atoms with Crippen molar-refractivity contribution in [2.45, 2.75) is 132 Å². The second kappa shape index (κ2) is 19.3. The number of aromatic nitrogens is 2. The Hall–Kier alpha value is -5.75. The number of rotatable bonds is 13. The van der Waals surface area contributed by atoms with Gasteiger partial charge in [0.15, 0.2) is 0 Å². The number of methoxy groups -OCH3 is 1. The molecule has 382 valence electrons. The molecule has 6 heterocycles. The van der Waals surface area contributed by atoms with Gasteiger partial charge in [-0.3, -0.25) is 19.8 Å². The van der Waals surface area contributed by atoms with Crippen molar-refractivity contribution in [3.05, 3.63) is 106 Å². The maximum atomic E-state index is 14.7. The first-order valence-corrected chi connectivity index (χ1v) is 27.6. The van der Waals surface area contributed by atoms with Crippen molar-refractivity contribution in [2.75, 3.05) is 61.6 Å². The number of amides is 1. The minimum Gasteiger partial charge on any atom is -0.468 e. The lowest BCUT2D eigenvalue weighted by Gasteiger charge is -2.56. The van der Waals surface area contributed by atoms with E-state index < -0.39 is 27.0 Å². The molecule has 6 aliphatic rings. The van der Waals surface area contributed by atoms with Crippen LogP contribution in [-0.4, -0.2) is 104 Å². The van der Waals surface area contributed by atoms with Crippen LogP contribution in [0.3, 0.4) is 0 Å². The van der Waals surface area contributed by atoms with E-state index in [1.165, 1.54) is 48.9 Å². The molecule has 16 nitrogen and oxygen atoms in total. The number of aromatic amines is 1. The first-order chi connectivity index (χ1) is 34.7. The Bertz CT molecular complexity index is 2960. The number of nitrogens with one attached hydrogen (secondary N) is 3. The van der Waals surface area contributed by atoms with Crippen molar-refractivity contribution in [1.82, 2.24) is 19.6 Å². The van der Waals surface area contributed by atoms with Crippen LogP contribution in [0.5, 0.6) is 5.88 Å². The molecule has 3 aromatic carbocycles. The predicted octanol–water partition coefficient (Wildman–Crippen LogP) is 9.99. The summed E-state index contributed by atoms with van der Waals surface area (Å²) in [6.07, 6.45) is 12.5. The van der Waals surface area contributed by atoms with E-state index in [4.69, 9.17) is 19.2 Å². The van der Waals surface area contributed by atoms with Crippen LogP contribution in [0, 0.1) is 21.4 Å². The third-order valence-corrected chi connectivity index (χ3v) is 18.6. The van der Waals surface area contributed by atoms with E-state index in [0.717, 1.165) is 75.3 Å². The molecular formula is C55H68N8O8S. The number of nitro benzene ring substituents is 1. The fraction of sp³-hybridized carbons (Fsp3) is 0.527. The molecule has 5 fully saturated rings. The molecular weight excluding hydrogens is 933 g/mol. The summed E-state index contributed by atoms with van der Waals surface area (Å²) in [6.45, 7) is 10.8. The molecule has 2 saturated carbocycles. The maximum absolute atomic E-state index is 14.7. The highest BCUT2D eigenvalue weighted by atomic mass is 32.2.